The second-order valence-electron chi connectivity index (χ2n) is 5.81. The van der Waals surface area contributed by atoms with Gasteiger partial charge >= 0.3 is 0 Å². The minimum Gasteiger partial charge on any atom is -0.368 e. The van der Waals surface area contributed by atoms with E-state index in [1.807, 2.05) is 12.3 Å². The molecule has 4 nitrogen and oxygen atoms in total. The summed E-state index contributed by atoms with van der Waals surface area (Å²) in [6.45, 7) is 4.20. The highest BCUT2D eigenvalue weighted by Gasteiger charge is 2.20. The summed E-state index contributed by atoms with van der Waals surface area (Å²) in [5.41, 5.74) is 3.68. The lowest BCUT2D eigenvalue weighted by molar-refractivity contribution is 0.654. The van der Waals surface area contributed by atoms with Crippen molar-refractivity contribution >= 4 is 22.4 Å². The molecule has 2 aromatic heterocycles. The molecule has 1 saturated heterocycles. The van der Waals surface area contributed by atoms with Crippen LogP contribution in [0.5, 0.6) is 0 Å². The molecular formula is C18H20N4. The van der Waals surface area contributed by atoms with Crippen LogP contribution in [0.4, 0.5) is 11.4 Å². The summed E-state index contributed by atoms with van der Waals surface area (Å²) in [6, 6.07) is 14.9. The topological polar surface area (TPSA) is 24.3 Å². The van der Waals surface area contributed by atoms with Crippen LogP contribution in [0.1, 0.15) is 0 Å². The van der Waals surface area contributed by atoms with Crippen LogP contribution >= 0.6 is 0 Å². The monoisotopic (exact) mass is 292 g/mol. The number of rotatable bonds is 2. The third-order valence-electron chi connectivity index (χ3n) is 4.45. The van der Waals surface area contributed by atoms with Gasteiger partial charge in [0.05, 0.1) is 5.69 Å². The van der Waals surface area contributed by atoms with Crippen molar-refractivity contribution in [2.45, 2.75) is 0 Å². The van der Waals surface area contributed by atoms with E-state index in [0.29, 0.717) is 0 Å². The minimum atomic E-state index is 1.04. The Labute approximate surface area is 130 Å². The molecule has 0 bridgehead atoms. The lowest BCUT2D eigenvalue weighted by atomic mass is 10.2. The number of para-hydroxylation sites is 1. The predicted molar refractivity (Wildman–Crippen MR) is 91.6 cm³/mol. The molecule has 112 valence electrons. The summed E-state index contributed by atoms with van der Waals surface area (Å²) >= 11 is 0. The fourth-order valence-electron chi connectivity index (χ4n) is 3.29. The normalized spacial score (nSPS) is 15.5. The summed E-state index contributed by atoms with van der Waals surface area (Å²) in [4.78, 5) is 9.42. The lowest BCUT2D eigenvalue weighted by Gasteiger charge is -2.37. The van der Waals surface area contributed by atoms with E-state index in [1.54, 1.807) is 0 Å². The fourth-order valence-corrected chi connectivity index (χ4v) is 3.29. The van der Waals surface area contributed by atoms with E-state index in [-0.39, 0.29) is 0 Å². The number of fused-ring (bicyclic) bond motifs is 1. The first-order valence-electron chi connectivity index (χ1n) is 7.78. The molecule has 3 heterocycles. The number of hydrogen-bond acceptors (Lipinski definition) is 3. The maximum atomic E-state index is 4.48. The van der Waals surface area contributed by atoms with Crippen molar-refractivity contribution in [3.05, 3.63) is 54.9 Å². The van der Waals surface area contributed by atoms with Crippen LogP contribution in [0.15, 0.2) is 54.9 Å². The molecule has 0 amide bonds. The molecule has 0 unspecified atom stereocenters. The molecule has 0 aliphatic carbocycles. The van der Waals surface area contributed by atoms with E-state index in [2.05, 4.69) is 69.0 Å². The second-order valence-corrected chi connectivity index (χ2v) is 5.81. The Kier molecular flexibility index (Phi) is 3.22. The van der Waals surface area contributed by atoms with Crippen LogP contribution in [-0.2, 0) is 7.05 Å². The Morgan fingerprint density at radius 1 is 0.864 bits per heavy atom. The van der Waals surface area contributed by atoms with Gasteiger partial charge in [-0.25, -0.2) is 4.98 Å². The van der Waals surface area contributed by atoms with E-state index in [0.717, 1.165) is 31.8 Å². The highest BCUT2D eigenvalue weighted by atomic mass is 15.3. The zero-order valence-electron chi connectivity index (χ0n) is 12.8. The van der Waals surface area contributed by atoms with Crippen LogP contribution in [0, 0.1) is 0 Å². The first-order valence-corrected chi connectivity index (χ1v) is 7.78. The van der Waals surface area contributed by atoms with Gasteiger partial charge in [-0.05, 0) is 24.3 Å². The Bertz CT molecular complexity index is 770. The van der Waals surface area contributed by atoms with E-state index in [1.165, 1.54) is 16.8 Å². The largest absolute Gasteiger partial charge is 0.368 e. The van der Waals surface area contributed by atoms with Gasteiger partial charge in [0.2, 0.25) is 0 Å². The van der Waals surface area contributed by atoms with Crippen molar-refractivity contribution in [3.63, 3.8) is 0 Å². The van der Waals surface area contributed by atoms with Gasteiger partial charge in [0, 0.05) is 56.7 Å². The predicted octanol–water partition coefficient (Wildman–Crippen LogP) is 2.90. The van der Waals surface area contributed by atoms with Gasteiger partial charge in [-0.2, -0.15) is 0 Å². The van der Waals surface area contributed by atoms with Gasteiger partial charge in [0.15, 0.2) is 0 Å². The van der Waals surface area contributed by atoms with Gasteiger partial charge in [0.25, 0.3) is 0 Å². The third-order valence-corrected chi connectivity index (χ3v) is 4.45. The average Bonchev–Trinajstić information content (AvgIpc) is 2.93. The number of hydrogen-bond donors (Lipinski definition) is 0. The molecule has 4 rings (SSSR count). The van der Waals surface area contributed by atoms with Crippen LogP contribution in [-0.4, -0.2) is 35.7 Å². The smallest absolute Gasteiger partial charge is 0.141 e. The van der Waals surface area contributed by atoms with E-state index < -0.39 is 0 Å². The SMILES string of the molecule is Cn1cc(N2CCN(c3ccccc3)CC2)c2cccnc21. The molecule has 0 N–H and O–H groups in total. The zero-order valence-corrected chi connectivity index (χ0v) is 12.8. The van der Waals surface area contributed by atoms with Gasteiger partial charge in [-0.3, -0.25) is 0 Å². The Morgan fingerprint density at radius 3 is 2.36 bits per heavy atom. The molecule has 4 heteroatoms. The first kappa shape index (κ1) is 13.2. The van der Waals surface area contributed by atoms with Crippen molar-refractivity contribution < 1.29 is 0 Å². The first-order chi connectivity index (χ1) is 10.8. The Balaban J connectivity index is 1.56. The summed E-state index contributed by atoms with van der Waals surface area (Å²) in [7, 11) is 2.07. The third kappa shape index (κ3) is 2.21. The average molecular weight is 292 g/mol. The Hall–Kier alpha value is -2.49. The molecule has 1 aliphatic heterocycles. The number of piperazine rings is 1. The molecule has 22 heavy (non-hydrogen) atoms. The van der Waals surface area contributed by atoms with Crippen molar-refractivity contribution in [1.29, 1.82) is 0 Å². The van der Waals surface area contributed by atoms with Crippen LogP contribution in [0.25, 0.3) is 11.0 Å². The molecule has 0 saturated carbocycles. The Morgan fingerprint density at radius 2 is 1.59 bits per heavy atom. The summed E-state index contributed by atoms with van der Waals surface area (Å²) in [5, 5.41) is 1.25. The van der Waals surface area contributed by atoms with Crippen molar-refractivity contribution in [2.24, 2.45) is 7.05 Å². The molecule has 1 fully saturated rings. The maximum Gasteiger partial charge on any atom is 0.141 e. The lowest BCUT2D eigenvalue weighted by Crippen LogP contribution is -2.46. The molecule has 0 spiro atoms. The fraction of sp³-hybridized carbons (Fsp3) is 0.278. The van der Waals surface area contributed by atoms with Crippen LogP contribution < -0.4 is 9.80 Å². The highest BCUT2D eigenvalue weighted by Crippen LogP contribution is 2.28. The summed E-state index contributed by atoms with van der Waals surface area (Å²) in [6.07, 6.45) is 4.06. The van der Waals surface area contributed by atoms with E-state index >= 15 is 0 Å². The molecular weight excluding hydrogens is 272 g/mol. The number of aryl methyl sites for hydroxylation is 1. The van der Waals surface area contributed by atoms with Crippen molar-refractivity contribution in [3.8, 4) is 0 Å². The number of benzene rings is 1. The summed E-state index contributed by atoms with van der Waals surface area (Å²) in [5.74, 6) is 0. The highest BCUT2D eigenvalue weighted by molar-refractivity contribution is 5.91. The van der Waals surface area contributed by atoms with E-state index in [4.69, 9.17) is 0 Å². The molecule has 1 aromatic carbocycles. The van der Waals surface area contributed by atoms with Crippen LogP contribution in [0.3, 0.4) is 0 Å². The minimum absolute atomic E-state index is 1.04. The number of pyridine rings is 1. The van der Waals surface area contributed by atoms with Gasteiger partial charge in [-0.15, -0.1) is 0 Å². The van der Waals surface area contributed by atoms with Gasteiger partial charge in [-0.1, -0.05) is 18.2 Å². The zero-order chi connectivity index (χ0) is 14.9. The standard InChI is InChI=1S/C18H20N4/c1-20-14-17(16-8-5-9-19-18(16)20)22-12-10-21(11-13-22)15-6-3-2-4-7-15/h2-9,14H,10-13H2,1H3. The van der Waals surface area contributed by atoms with Crippen molar-refractivity contribution in [1.82, 2.24) is 9.55 Å². The van der Waals surface area contributed by atoms with Gasteiger partial charge < -0.3 is 14.4 Å². The molecule has 0 atom stereocenters. The number of anilines is 2. The quantitative estimate of drug-likeness (QED) is 0.726. The van der Waals surface area contributed by atoms with E-state index in [9.17, 15) is 0 Å². The summed E-state index contributed by atoms with van der Waals surface area (Å²) < 4.78 is 2.12. The molecule has 0 radical (unpaired) electrons. The molecule has 1 aliphatic rings. The van der Waals surface area contributed by atoms with Crippen LogP contribution in [0.2, 0.25) is 0 Å². The molecule has 3 aromatic rings. The van der Waals surface area contributed by atoms with Crippen molar-refractivity contribution in [2.75, 3.05) is 36.0 Å². The second kappa shape index (κ2) is 5.37. The van der Waals surface area contributed by atoms with Gasteiger partial charge in [0.1, 0.15) is 5.65 Å². The number of aromatic nitrogens is 2. The number of nitrogens with zero attached hydrogens (tertiary/aromatic N) is 4. The maximum absolute atomic E-state index is 4.48.